The first kappa shape index (κ1) is 24.2. The SMILES string of the molecule is CCOc1cccc(CNC(=NC)NCc2ccc(N(CC)CC)nc2)c1OC(F)F. The quantitative estimate of drug-likeness (QED) is 0.413. The largest absolute Gasteiger partial charge is 0.490 e. The Hall–Kier alpha value is -3.10. The van der Waals surface area contributed by atoms with E-state index in [4.69, 9.17) is 9.47 Å². The van der Waals surface area contributed by atoms with E-state index in [1.54, 1.807) is 32.2 Å². The normalized spacial score (nSPS) is 11.4. The molecule has 0 saturated carbocycles. The third-order valence-corrected chi connectivity index (χ3v) is 4.59. The molecule has 0 aliphatic carbocycles. The number of rotatable bonds is 11. The molecule has 0 aliphatic heterocycles. The zero-order chi connectivity index (χ0) is 22.6. The highest BCUT2D eigenvalue weighted by atomic mass is 19.3. The standard InChI is InChI=1S/C22H31F2N5O2/c1-5-29(6-2)19-12-11-16(13-26-19)14-27-22(25-4)28-15-17-9-8-10-18(30-7-3)20(17)31-21(23)24/h8-13,21H,5-7,14-15H2,1-4H3,(H2,25,27,28). The van der Waals surface area contributed by atoms with Crippen molar-refractivity contribution >= 4 is 11.8 Å². The minimum atomic E-state index is -2.94. The van der Waals surface area contributed by atoms with E-state index < -0.39 is 6.61 Å². The van der Waals surface area contributed by atoms with Gasteiger partial charge in [0.05, 0.1) is 6.61 Å². The van der Waals surface area contributed by atoms with E-state index in [1.165, 1.54) is 0 Å². The average Bonchev–Trinajstić information content (AvgIpc) is 2.77. The molecule has 0 saturated heterocycles. The van der Waals surface area contributed by atoms with E-state index in [-0.39, 0.29) is 18.0 Å². The van der Waals surface area contributed by atoms with Crippen LogP contribution in [0.5, 0.6) is 11.5 Å². The van der Waals surface area contributed by atoms with Crippen LogP contribution >= 0.6 is 0 Å². The summed E-state index contributed by atoms with van der Waals surface area (Å²) in [6.07, 6.45) is 1.83. The van der Waals surface area contributed by atoms with Gasteiger partial charge in [0.15, 0.2) is 17.5 Å². The van der Waals surface area contributed by atoms with Crippen molar-refractivity contribution in [1.29, 1.82) is 0 Å². The van der Waals surface area contributed by atoms with Crippen molar-refractivity contribution in [3.8, 4) is 11.5 Å². The lowest BCUT2D eigenvalue weighted by atomic mass is 10.2. The van der Waals surface area contributed by atoms with Gasteiger partial charge in [0, 0.05) is 45.0 Å². The summed E-state index contributed by atoms with van der Waals surface area (Å²) < 4.78 is 35.9. The number of hydrogen-bond acceptors (Lipinski definition) is 5. The first-order valence-electron chi connectivity index (χ1n) is 10.4. The highest BCUT2D eigenvalue weighted by Crippen LogP contribution is 2.32. The maximum Gasteiger partial charge on any atom is 0.387 e. The number of para-hydroxylation sites is 1. The number of nitrogens with zero attached hydrogens (tertiary/aromatic N) is 3. The molecule has 0 bridgehead atoms. The van der Waals surface area contributed by atoms with E-state index in [0.717, 1.165) is 24.5 Å². The van der Waals surface area contributed by atoms with Crippen LogP contribution in [0.4, 0.5) is 14.6 Å². The Kier molecular flexibility index (Phi) is 9.80. The molecule has 170 valence electrons. The van der Waals surface area contributed by atoms with Crippen LogP contribution in [0.1, 0.15) is 31.9 Å². The lowest BCUT2D eigenvalue weighted by Crippen LogP contribution is -2.36. The maximum absolute atomic E-state index is 12.9. The molecule has 0 spiro atoms. The molecule has 7 nitrogen and oxygen atoms in total. The van der Waals surface area contributed by atoms with Crippen molar-refractivity contribution in [2.75, 3.05) is 31.6 Å². The van der Waals surface area contributed by atoms with Gasteiger partial charge in [-0.3, -0.25) is 4.99 Å². The lowest BCUT2D eigenvalue weighted by Gasteiger charge is -2.20. The lowest BCUT2D eigenvalue weighted by molar-refractivity contribution is -0.0520. The fraction of sp³-hybridized carbons (Fsp3) is 0.455. The van der Waals surface area contributed by atoms with E-state index in [2.05, 4.69) is 39.4 Å². The zero-order valence-electron chi connectivity index (χ0n) is 18.5. The molecule has 0 unspecified atom stereocenters. The van der Waals surface area contributed by atoms with Crippen LogP contribution in [-0.2, 0) is 13.1 Å². The van der Waals surface area contributed by atoms with E-state index >= 15 is 0 Å². The molecule has 2 N–H and O–H groups in total. The summed E-state index contributed by atoms with van der Waals surface area (Å²) in [5.41, 5.74) is 1.54. The van der Waals surface area contributed by atoms with Crippen LogP contribution in [0.3, 0.4) is 0 Å². The summed E-state index contributed by atoms with van der Waals surface area (Å²) in [6.45, 7) is 5.94. The third-order valence-electron chi connectivity index (χ3n) is 4.59. The molecule has 1 aromatic heterocycles. The van der Waals surface area contributed by atoms with Gasteiger partial charge in [-0.25, -0.2) is 4.98 Å². The maximum atomic E-state index is 12.9. The van der Waals surface area contributed by atoms with Gasteiger partial charge >= 0.3 is 6.61 Å². The summed E-state index contributed by atoms with van der Waals surface area (Å²) >= 11 is 0. The zero-order valence-corrected chi connectivity index (χ0v) is 18.5. The molecule has 2 aromatic rings. The van der Waals surface area contributed by atoms with Crippen molar-refractivity contribution in [3.63, 3.8) is 0 Å². The molecule has 9 heteroatoms. The smallest absolute Gasteiger partial charge is 0.387 e. The van der Waals surface area contributed by atoms with Crippen LogP contribution in [0.2, 0.25) is 0 Å². The molecule has 0 atom stereocenters. The van der Waals surface area contributed by atoms with E-state index in [1.807, 2.05) is 18.3 Å². The van der Waals surface area contributed by atoms with Crippen LogP contribution < -0.4 is 25.0 Å². The highest BCUT2D eigenvalue weighted by Gasteiger charge is 2.16. The molecule has 0 radical (unpaired) electrons. The number of alkyl halides is 2. The van der Waals surface area contributed by atoms with Gasteiger partial charge in [0.2, 0.25) is 0 Å². The number of halogens is 2. The van der Waals surface area contributed by atoms with Crippen LogP contribution in [-0.4, -0.2) is 44.3 Å². The third kappa shape index (κ3) is 7.27. The fourth-order valence-corrected chi connectivity index (χ4v) is 3.03. The Balaban J connectivity index is 1.99. The average molecular weight is 436 g/mol. The fourth-order valence-electron chi connectivity index (χ4n) is 3.03. The van der Waals surface area contributed by atoms with Gasteiger partial charge < -0.3 is 25.0 Å². The number of aromatic nitrogens is 1. The van der Waals surface area contributed by atoms with E-state index in [9.17, 15) is 8.78 Å². The number of aliphatic imine (C=N–C) groups is 1. The molecule has 1 aromatic carbocycles. The summed E-state index contributed by atoms with van der Waals surface area (Å²) in [5, 5.41) is 6.31. The second kappa shape index (κ2) is 12.6. The molecule has 31 heavy (non-hydrogen) atoms. The van der Waals surface area contributed by atoms with Gasteiger partial charge in [0.1, 0.15) is 5.82 Å². The Labute approximate surface area is 182 Å². The van der Waals surface area contributed by atoms with Gasteiger partial charge in [0.25, 0.3) is 0 Å². The van der Waals surface area contributed by atoms with Crippen LogP contribution in [0.25, 0.3) is 0 Å². The minimum absolute atomic E-state index is 0.0264. The Morgan fingerprint density at radius 1 is 1.10 bits per heavy atom. The Morgan fingerprint density at radius 3 is 2.42 bits per heavy atom. The number of nitrogens with one attached hydrogen (secondary N) is 2. The number of hydrogen-bond donors (Lipinski definition) is 2. The molecule has 0 aliphatic rings. The minimum Gasteiger partial charge on any atom is -0.490 e. The topological polar surface area (TPSA) is 71.0 Å². The number of anilines is 1. The summed E-state index contributed by atoms with van der Waals surface area (Å²) in [6, 6.07) is 9.05. The highest BCUT2D eigenvalue weighted by molar-refractivity contribution is 5.79. The number of guanidine groups is 1. The predicted molar refractivity (Wildman–Crippen MR) is 119 cm³/mol. The van der Waals surface area contributed by atoms with Crippen molar-refractivity contribution < 1.29 is 18.3 Å². The first-order valence-corrected chi connectivity index (χ1v) is 10.4. The van der Waals surface area contributed by atoms with Crippen molar-refractivity contribution in [3.05, 3.63) is 47.7 Å². The molecule has 0 amide bonds. The summed E-state index contributed by atoms with van der Waals surface area (Å²) in [7, 11) is 1.64. The van der Waals surface area contributed by atoms with Gasteiger partial charge in [-0.2, -0.15) is 8.78 Å². The van der Waals surface area contributed by atoms with E-state index in [0.29, 0.717) is 24.7 Å². The van der Waals surface area contributed by atoms with Gasteiger partial charge in [-0.05, 0) is 38.5 Å². The number of ether oxygens (including phenoxy) is 2. The van der Waals surface area contributed by atoms with Crippen molar-refractivity contribution in [2.45, 2.75) is 40.5 Å². The molecular formula is C22H31F2N5O2. The van der Waals surface area contributed by atoms with Crippen molar-refractivity contribution in [1.82, 2.24) is 15.6 Å². The summed E-state index contributed by atoms with van der Waals surface area (Å²) in [5.74, 6) is 1.78. The van der Waals surface area contributed by atoms with Gasteiger partial charge in [-0.15, -0.1) is 0 Å². The summed E-state index contributed by atoms with van der Waals surface area (Å²) in [4.78, 5) is 10.9. The number of pyridine rings is 1. The predicted octanol–water partition coefficient (Wildman–Crippen LogP) is 3.79. The van der Waals surface area contributed by atoms with Crippen molar-refractivity contribution in [2.24, 2.45) is 4.99 Å². The second-order valence-electron chi connectivity index (χ2n) is 6.53. The second-order valence-corrected chi connectivity index (χ2v) is 6.53. The molecular weight excluding hydrogens is 404 g/mol. The van der Waals surface area contributed by atoms with Crippen LogP contribution in [0.15, 0.2) is 41.5 Å². The Bertz CT molecular complexity index is 827. The van der Waals surface area contributed by atoms with Gasteiger partial charge in [-0.1, -0.05) is 18.2 Å². The molecule has 0 fully saturated rings. The number of benzene rings is 1. The molecule has 1 heterocycles. The monoisotopic (exact) mass is 435 g/mol. The Morgan fingerprint density at radius 2 is 1.84 bits per heavy atom. The first-order chi connectivity index (χ1) is 15.0. The van der Waals surface area contributed by atoms with Crippen LogP contribution in [0, 0.1) is 0 Å². The molecule has 2 rings (SSSR count).